The van der Waals surface area contributed by atoms with Gasteiger partial charge in [0.25, 0.3) is 5.91 Å². The van der Waals surface area contributed by atoms with Gasteiger partial charge >= 0.3 is 0 Å². The third-order valence-electron chi connectivity index (χ3n) is 5.18. The van der Waals surface area contributed by atoms with Crippen molar-refractivity contribution in [3.05, 3.63) is 47.0 Å². The monoisotopic (exact) mass is 338 g/mol. The van der Waals surface area contributed by atoms with Gasteiger partial charge in [-0.2, -0.15) is 10.4 Å². The highest BCUT2D eigenvalue weighted by molar-refractivity contribution is 5.94. The van der Waals surface area contributed by atoms with Gasteiger partial charge in [0.1, 0.15) is 11.5 Å². The van der Waals surface area contributed by atoms with Crippen LogP contribution in [-0.2, 0) is 12.8 Å². The summed E-state index contributed by atoms with van der Waals surface area (Å²) in [6, 6.07) is 8.79. The van der Waals surface area contributed by atoms with E-state index in [-0.39, 0.29) is 17.6 Å². The first-order valence-electron chi connectivity index (χ1n) is 8.73. The Morgan fingerprint density at radius 2 is 2.00 bits per heavy atom. The molecule has 0 unspecified atom stereocenters. The Balaban J connectivity index is 1.68. The van der Waals surface area contributed by atoms with E-state index < -0.39 is 0 Å². The maximum Gasteiger partial charge on any atom is 0.274 e. The predicted molar refractivity (Wildman–Crippen MR) is 89.8 cm³/mol. The molecule has 1 aromatic heterocycles. The molecule has 0 radical (unpaired) electrons. The molecule has 0 bridgehead atoms. The number of aromatic nitrogens is 2. The van der Waals surface area contributed by atoms with Crippen molar-refractivity contribution in [3.63, 3.8) is 0 Å². The number of rotatable bonds is 2. The first-order valence-corrected chi connectivity index (χ1v) is 8.73. The van der Waals surface area contributed by atoms with E-state index in [1.54, 1.807) is 27.8 Å². The van der Waals surface area contributed by atoms with E-state index in [9.17, 15) is 9.18 Å². The Labute approximate surface area is 145 Å². The second kappa shape index (κ2) is 6.32. The van der Waals surface area contributed by atoms with Crippen molar-refractivity contribution in [2.75, 3.05) is 13.1 Å². The van der Waals surface area contributed by atoms with Gasteiger partial charge in [-0.15, -0.1) is 0 Å². The Bertz CT molecular complexity index is 859. The summed E-state index contributed by atoms with van der Waals surface area (Å²) in [7, 11) is 0. The summed E-state index contributed by atoms with van der Waals surface area (Å²) in [5.41, 5.74) is 2.74. The third-order valence-corrected chi connectivity index (χ3v) is 5.18. The van der Waals surface area contributed by atoms with Crippen LogP contribution < -0.4 is 0 Å². The van der Waals surface area contributed by atoms with Crippen molar-refractivity contribution >= 4 is 5.91 Å². The lowest BCUT2D eigenvalue weighted by Gasteiger charge is -2.28. The Morgan fingerprint density at radius 1 is 1.24 bits per heavy atom. The van der Waals surface area contributed by atoms with Crippen LogP contribution in [0.1, 0.15) is 41.0 Å². The van der Waals surface area contributed by atoms with Crippen LogP contribution in [0.25, 0.3) is 5.69 Å². The largest absolute Gasteiger partial charge is 0.337 e. The maximum atomic E-state index is 14.2. The second-order valence-corrected chi connectivity index (χ2v) is 6.69. The van der Waals surface area contributed by atoms with Gasteiger partial charge in [-0.05, 0) is 44.2 Å². The topological polar surface area (TPSA) is 61.9 Å². The van der Waals surface area contributed by atoms with Crippen molar-refractivity contribution in [2.24, 2.45) is 5.92 Å². The number of hydrogen-bond donors (Lipinski definition) is 0. The molecule has 1 saturated heterocycles. The van der Waals surface area contributed by atoms with Gasteiger partial charge in [-0.25, -0.2) is 9.07 Å². The van der Waals surface area contributed by atoms with Crippen molar-refractivity contribution in [1.82, 2.24) is 14.7 Å². The predicted octanol–water partition coefficient (Wildman–Crippen LogP) is 2.88. The Kier molecular flexibility index (Phi) is 4.00. The molecule has 0 spiro atoms. The van der Waals surface area contributed by atoms with E-state index in [0.717, 1.165) is 30.5 Å². The number of carbonyl (C=O) groups is 1. The average molecular weight is 338 g/mol. The number of carbonyl (C=O) groups excluding carboxylic acids is 1. The molecule has 1 amide bonds. The SMILES string of the molecule is N#CC1CCN(C(=O)c2nn(-c3ccccc3F)c3c2CCC3)CC1. The molecule has 1 fully saturated rings. The summed E-state index contributed by atoms with van der Waals surface area (Å²) >= 11 is 0. The van der Waals surface area contributed by atoms with Gasteiger partial charge in [0.05, 0.1) is 6.07 Å². The van der Waals surface area contributed by atoms with E-state index in [2.05, 4.69) is 11.2 Å². The summed E-state index contributed by atoms with van der Waals surface area (Å²) in [5, 5.41) is 13.5. The molecular formula is C19H19FN4O. The summed E-state index contributed by atoms with van der Waals surface area (Å²) in [4.78, 5) is 14.7. The zero-order valence-corrected chi connectivity index (χ0v) is 13.9. The second-order valence-electron chi connectivity index (χ2n) is 6.69. The molecular weight excluding hydrogens is 319 g/mol. The fourth-order valence-corrected chi connectivity index (χ4v) is 3.79. The third kappa shape index (κ3) is 2.70. The van der Waals surface area contributed by atoms with E-state index in [4.69, 9.17) is 5.26 Å². The molecule has 25 heavy (non-hydrogen) atoms. The van der Waals surface area contributed by atoms with Crippen LogP contribution in [0, 0.1) is 23.1 Å². The Hall–Kier alpha value is -2.68. The molecule has 0 N–H and O–H groups in total. The van der Waals surface area contributed by atoms with Crippen LogP contribution >= 0.6 is 0 Å². The van der Waals surface area contributed by atoms with Crippen LogP contribution in [0.4, 0.5) is 4.39 Å². The molecule has 6 heteroatoms. The summed E-state index contributed by atoms with van der Waals surface area (Å²) in [5.74, 6) is -0.399. The van der Waals surface area contributed by atoms with Gasteiger partial charge in [0.15, 0.2) is 5.69 Å². The molecule has 4 rings (SSSR count). The van der Waals surface area contributed by atoms with Crippen LogP contribution in [-0.4, -0.2) is 33.7 Å². The van der Waals surface area contributed by atoms with E-state index in [1.807, 2.05) is 0 Å². The maximum absolute atomic E-state index is 14.2. The van der Waals surface area contributed by atoms with Gasteiger partial charge < -0.3 is 4.90 Å². The minimum Gasteiger partial charge on any atom is -0.337 e. The van der Waals surface area contributed by atoms with Crippen LogP contribution in [0.2, 0.25) is 0 Å². The van der Waals surface area contributed by atoms with Crippen molar-refractivity contribution < 1.29 is 9.18 Å². The number of fused-ring (bicyclic) bond motifs is 1. The number of piperidine rings is 1. The van der Waals surface area contributed by atoms with Gasteiger partial charge in [-0.3, -0.25) is 4.79 Å². The Morgan fingerprint density at radius 3 is 2.72 bits per heavy atom. The fourth-order valence-electron chi connectivity index (χ4n) is 3.79. The zero-order chi connectivity index (χ0) is 17.4. The normalized spacial score (nSPS) is 17.4. The molecule has 128 valence electrons. The average Bonchev–Trinajstić information content (AvgIpc) is 3.24. The first kappa shape index (κ1) is 15.8. The van der Waals surface area contributed by atoms with Crippen LogP contribution in [0.3, 0.4) is 0 Å². The highest BCUT2D eigenvalue weighted by Crippen LogP contribution is 2.30. The number of amides is 1. The quantitative estimate of drug-likeness (QED) is 0.846. The van der Waals surface area contributed by atoms with E-state index in [1.165, 1.54) is 6.07 Å². The van der Waals surface area contributed by atoms with Gasteiger partial charge in [0.2, 0.25) is 0 Å². The minimum atomic E-state index is -0.339. The van der Waals surface area contributed by atoms with Crippen LogP contribution in [0.5, 0.6) is 0 Å². The molecule has 1 aliphatic heterocycles. The zero-order valence-electron chi connectivity index (χ0n) is 13.9. The lowest BCUT2D eigenvalue weighted by atomic mass is 9.98. The molecule has 0 atom stereocenters. The number of likely N-dealkylation sites (tertiary alicyclic amines) is 1. The van der Waals surface area contributed by atoms with Crippen molar-refractivity contribution in [3.8, 4) is 11.8 Å². The van der Waals surface area contributed by atoms with Gasteiger partial charge in [-0.1, -0.05) is 12.1 Å². The molecule has 5 nitrogen and oxygen atoms in total. The summed E-state index contributed by atoms with van der Waals surface area (Å²) < 4.78 is 15.8. The number of halogens is 1. The van der Waals surface area contributed by atoms with E-state index >= 15 is 0 Å². The van der Waals surface area contributed by atoms with Crippen LogP contribution in [0.15, 0.2) is 24.3 Å². The highest BCUT2D eigenvalue weighted by atomic mass is 19.1. The number of hydrogen-bond acceptors (Lipinski definition) is 3. The molecule has 2 heterocycles. The standard InChI is InChI=1S/C19H19FN4O/c20-15-5-1-2-6-17(15)24-16-7-3-4-14(16)18(22-24)19(25)23-10-8-13(12-21)9-11-23/h1-2,5-6,13H,3-4,7-11H2. The molecule has 2 aliphatic rings. The lowest BCUT2D eigenvalue weighted by Crippen LogP contribution is -2.38. The smallest absolute Gasteiger partial charge is 0.274 e. The number of nitriles is 1. The van der Waals surface area contributed by atoms with E-state index in [0.29, 0.717) is 37.3 Å². The molecule has 1 aliphatic carbocycles. The lowest BCUT2D eigenvalue weighted by molar-refractivity contribution is 0.0699. The molecule has 2 aromatic rings. The van der Waals surface area contributed by atoms with Crippen molar-refractivity contribution in [1.29, 1.82) is 5.26 Å². The number of nitrogens with zero attached hydrogens (tertiary/aromatic N) is 4. The molecule has 1 aromatic carbocycles. The van der Waals surface area contributed by atoms with Crippen molar-refractivity contribution in [2.45, 2.75) is 32.1 Å². The van der Waals surface area contributed by atoms with Gasteiger partial charge in [0, 0.05) is 30.3 Å². The summed E-state index contributed by atoms with van der Waals surface area (Å²) in [6.45, 7) is 1.16. The molecule has 0 saturated carbocycles. The highest BCUT2D eigenvalue weighted by Gasteiger charge is 2.31. The fraction of sp³-hybridized carbons (Fsp3) is 0.421. The first-order chi connectivity index (χ1) is 12.2. The number of para-hydroxylation sites is 1. The number of benzene rings is 1. The minimum absolute atomic E-state index is 0.0331. The summed E-state index contributed by atoms with van der Waals surface area (Å²) in [6.07, 6.45) is 3.98.